The molecule has 1 fully saturated rings. The van der Waals surface area contributed by atoms with Gasteiger partial charge in [0.25, 0.3) is 0 Å². The summed E-state index contributed by atoms with van der Waals surface area (Å²) in [5, 5.41) is 16.1. The minimum Gasteiger partial charge on any atom is -0.391 e. The highest BCUT2D eigenvalue weighted by atomic mass is 19.4. The molecule has 0 bridgehead atoms. The van der Waals surface area contributed by atoms with E-state index in [0.717, 1.165) is 24.2 Å². The highest BCUT2D eigenvalue weighted by Crippen LogP contribution is 2.29. The van der Waals surface area contributed by atoms with E-state index in [1.807, 2.05) is 6.92 Å². The molecule has 0 aromatic heterocycles. The summed E-state index contributed by atoms with van der Waals surface area (Å²) in [6.07, 6.45) is -3.95. The van der Waals surface area contributed by atoms with Gasteiger partial charge in [-0.15, -0.1) is 0 Å². The smallest absolute Gasteiger partial charge is 0.391 e. The van der Waals surface area contributed by atoms with E-state index < -0.39 is 11.7 Å². The number of nitrogens with one attached hydrogen (secondary N) is 2. The van der Waals surface area contributed by atoms with Crippen LogP contribution in [0.25, 0.3) is 0 Å². The molecule has 1 saturated heterocycles. The van der Waals surface area contributed by atoms with E-state index in [2.05, 4.69) is 10.6 Å². The first-order valence-electron chi connectivity index (χ1n) is 7.14. The average Bonchev–Trinajstić information content (AvgIpc) is 2.81. The average molecular weight is 302 g/mol. The normalized spacial score (nSPS) is 24.2. The van der Waals surface area contributed by atoms with Gasteiger partial charge in [0.2, 0.25) is 0 Å². The minimum absolute atomic E-state index is 0.148. The number of alkyl halides is 3. The Hall–Kier alpha value is -1.11. The van der Waals surface area contributed by atoms with Gasteiger partial charge in [-0.1, -0.05) is 12.1 Å². The third-order valence-corrected chi connectivity index (χ3v) is 3.86. The summed E-state index contributed by atoms with van der Waals surface area (Å²) in [5.74, 6) is 0.194. The standard InChI is InChI=1S/C15H21F3N2O/c1-10(20-8-12-7-19-9-14(12)21)6-11-2-4-13(5-3-11)15(16,17)18/h2-5,10,12,14,19-21H,6-9H2,1H3. The third-order valence-electron chi connectivity index (χ3n) is 3.86. The summed E-state index contributed by atoms with van der Waals surface area (Å²) in [7, 11) is 0. The van der Waals surface area contributed by atoms with Gasteiger partial charge in [-0.05, 0) is 31.0 Å². The van der Waals surface area contributed by atoms with Crippen LogP contribution in [0.2, 0.25) is 0 Å². The lowest BCUT2D eigenvalue weighted by atomic mass is 10.0. The lowest BCUT2D eigenvalue weighted by Gasteiger charge is -2.19. The van der Waals surface area contributed by atoms with Gasteiger partial charge < -0.3 is 15.7 Å². The first-order valence-corrected chi connectivity index (χ1v) is 7.14. The Bertz CT molecular complexity index is 447. The van der Waals surface area contributed by atoms with E-state index >= 15 is 0 Å². The zero-order chi connectivity index (χ0) is 15.5. The van der Waals surface area contributed by atoms with Gasteiger partial charge >= 0.3 is 6.18 Å². The third kappa shape index (κ3) is 4.69. The second-order valence-corrected chi connectivity index (χ2v) is 5.69. The Morgan fingerprint density at radius 3 is 2.48 bits per heavy atom. The van der Waals surface area contributed by atoms with Crippen molar-refractivity contribution >= 4 is 0 Å². The van der Waals surface area contributed by atoms with Crippen LogP contribution in [0.4, 0.5) is 13.2 Å². The van der Waals surface area contributed by atoms with Gasteiger partial charge in [-0.3, -0.25) is 0 Å². The maximum absolute atomic E-state index is 12.5. The Morgan fingerprint density at radius 2 is 1.95 bits per heavy atom. The second kappa shape index (κ2) is 6.77. The van der Waals surface area contributed by atoms with E-state index in [-0.39, 0.29) is 18.1 Å². The molecule has 2 rings (SSSR count). The van der Waals surface area contributed by atoms with Gasteiger partial charge in [0.15, 0.2) is 0 Å². The first-order chi connectivity index (χ1) is 9.86. The van der Waals surface area contributed by atoms with Crippen LogP contribution in [-0.2, 0) is 12.6 Å². The molecule has 3 atom stereocenters. The molecule has 1 aromatic rings. The van der Waals surface area contributed by atoms with Crippen LogP contribution >= 0.6 is 0 Å². The number of aliphatic hydroxyl groups excluding tert-OH is 1. The molecule has 1 aromatic carbocycles. The summed E-state index contributed by atoms with van der Waals surface area (Å²) in [4.78, 5) is 0. The van der Waals surface area contributed by atoms with Crippen molar-refractivity contribution in [2.45, 2.75) is 31.7 Å². The number of aliphatic hydroxyl groups is 1. The van der Waals surface area contributed by atoms with E-state index in [9.17, 15) is 18.3 Å². The lowest BCUT2D eigenvalue weighted by molar-refractivity contribution is -0.137. The molecule has 1 aliphatic heterocycles. The number of halogens is 3. The van der Waals surface area contributed by atoms with E-state index in [0.29, 0.717) is 19.5 Å². The molecular formula is C15H21F3N2O. The quantitative estimate of drug-likeness (QED) is 0.777. The minimum atomic E-state index is -4.28. The van der Waals surface area contributed by atoms with Crippen molar-refractivity contribution in [2.24, 2.45) is 5.92 Å². The predicted octanol–water partition coefficient (Wildman–Crippen LogP) is 1.81. The fraction of sp³-hybridized carbons (Fsp3) is 0.600. The molecule has 6 heteroatoms. The van der Waals surface area contributed by atoms with Crippen molar-refractivity contribution in [1.82, 2.24) is 10.6 Å². The van der Waals surface area contributed by atoms with E-state index in [1.54, 1.807) is 0 Å². The maximum Gasteiger partial charge on any atom is 0.416 e. The molecule has 118 valence electrons. The number of rotatable bonds is 5. The van der Waals surface area contributed by atoms with Crippen LogP contribution in [0.15, 0.2) is 24.3 Å². The Balaban J connectivity index is 1.81. The van der Waals surface area contributed by atoms with Crippen LogP contribution in [-0.4, -0.2) is 36.9 Å². The largest absolute Gasteiger partial charge is 0.416 e. The molecule has 0 aliphatic carbocycles. The molecule has 3 unspecified atom stereocenters. The molecule has 21 heavy (non-hydrogen) atoms. The lowest BCUT2D eigenvalue weighted by Crippen LogP contribution is -2.36. The van der Waals surface area contributed by atoms with Crippen LogP contribution in [0, 0.1) is 5.92 Å². The molecule has 3 nitrogen and oxygen atoms in total. The van der Waals surface area contributed by atoms with Crippen LogP contribution in [0.5, 0.6) is 0 Å². The van der Waals surface area contributed by atoms with Gasteiger partial charge in [-0.25, -0.2) is 0 Å². The molecule has 1 heterocycles. The van der Waals surface area contributed by atoms with Crippen molar-refractivity contribution in [3.63, 3.8) is 0 Å². The Labute approximate surface area is 122 Å². The first kappa shape index (κ1) is 16.3. The van der Waals surface area contributed by atoms with E-state index in [1.165, 1.54) is 12.1 Å². The fourth-order valence-corrected chi connectivity index (χ4v) is 2.54. The van der Waals surface area contributed by atoms with Crippen molar-refractivity contribution in [1.29, 1.82) is 0 Å². The molecule has 0 amide bonds. The van der Waals surface area contributed by atoms with Gasteiger partial charge in [0.1, 0.15) is 0 Å². The molecule has 0 radical (unpaired) electrons. The number of hydrogen-bond donors (Lipinski definition) is 3. The fourth-order valence-electron chi connectivity index (χ4n) is 2.54. The van der Waals surface area contributed by atoms with Crippen molar-refractivity contribution in [3.05, 3.63) is 35.4 Å². The van der Waals surface area contributed by atoms with Crippen LogP contribution in [0.1, 0.15) is 18.1 Å². The monoisotopic (exact) mass is 302 g/mol. The molecule has 3 N–H and O–H groups in total. The maximum atomic E-state index is 12.5. The zero-order valence-electron chi connectivity index (χ0n) is 12.0. The highest BCUT2D eigenvalue weighted by molar-refractivity contribution is 5.25. The molecule has 1 aliphatic rings. The topological polar surface area (TPSA) is 44.3 Å². The second-order valence-electron chi connectivity index (χ2n) is 5.69. The Morgan fingerprint density at radius 1 is 1.29 bits per heavy atom. The highest BCUT2D eigenvalue weighted by Gasteiger charge is 2.30. The SMILES string of the molecule is CC(Cc1ccc(C(F)(F)F)cc1)NCC1CNCC1O. The van der Waals surface area contributed by atoms with Gasteiger partial charge in [0, 0.05) is 31.6 Å². The number of β-amino-alcohol motifs (C(OH)–C–C–N with tert-alkyl or cyclic N) is 1. The summed E-state index contributed by atoms with van der Waals surface area (Å²) < 4.78 is 37.4. The van der Waals surface area contributed by atoms with Gasteiger partial charge in [0.05, 0.1) is 11.7 Å². The zero-order valence-corrected chi connectivity index (χ0v) is 12.0. The van der Waals surface area contributed by atoms with Crippen LogP contribution in [0.3, 0.4) is 0 Å². The van der Waals surface area contributed by atoms with Crippen molar-refractivity contribution in [2.75, 3.05) is 19.6 Å². The van der Waals surface area contributed by atoms with Gasteiger partial charge in [-0.2, -0.15) is 13.2 Å². The Kier molecular flexibility index (Phi) is 5.24. The van der Waals surface area contributed by atoms with E-state index in [4.69, 9.17) is 0 Å². The predicted molar refractivity (Wildman–Crippen MR) is 75.0 cm³/mol. The summed E-state index contributed by atoms with van der Waals surface area (Å²) in [5.41, 5.74) is 0.250. The number of benzene rings is 1. The summed E-state index contributed by atoms with van der Waals surface area (Å²) >= 11 is 0. The molecule has 0 saturated carbocycles. The van der Waals surface area contributed by atoms with Crippen molar-refractivity contribution < 1.29 is 18.3 Å². The molecular weight excluding hydrogens is 281 g/mol. The summed E-state index contributed by atoms with van der Waals surface area (Å²) in [6, 6.07) is 5.42. The number of hydrogen-bond acceptors (Lipinski definition) is 3. The van der Waals surface area contributed by atoms with Crippen molar-refractivity contribution in [3.8, 4) is 0 Å². The molecule has 0 spiro atoms. The summed E-state index contributed by atoms with van der Waals surface area (Å²) in [6.45, 7) is 4.11. The van der Waals surface area contributed by atoms with Crippen LogP contribution < -0.4 is 10.6 Å².